The van der Waals surface area contributed by atoms with Crippen molar-refractivity contribution in [3.63, 3.8) is 0 Å². The molecule has 2 rings (SSSR count). The molecule has 2 aliphatic rings. The van der Waals surface area contributed by atoms with E-state index in [1.54, 1.807) is 0 Å². The molecule has 0 heterocycles. The molecule has 0 aromatic rings. The van der Waals surface area contributed by atoms with Crippen LogP contribution in [-0.2, 0) is 28.6 Å². The maximum absolute atomic E-state index is 11.8. The van der Waals surface area contributed by atoms with Gasteiger partial charge in [-0.2, -0.15) is 0 Å². The highest BCUT2D eigenvalue weighted by Crippen LogP contribution is 2.43. The van der Waals surface area contributed by atoms with Gasteiger partial charge >= 0.3 is 17.9 Å². The van der Waals surface area contributed by atoms with E-state index < -0.39 is 18.4 Å². The van der Waals surface area contributed by atoms with E-state index in [2.05, 4.69) is 16.9 Å². The molecule has 110 valence electrons. The van der Waals surface area contributed by atoms with Gasteiger partial charge in [-0.05, 0) is 24.7 Å². The van der Waals surface area contributed by atoms with Crippen LogP contribution in [-0.4, -0.2) is 38.2 Å². The minimum Gasteiger partial charge on any atom is -0.469 e. The minimum atomic E-state index is -0.684. The molecule has 0 amide bonds. The molecule has 0 aromatic carbocycles. The summed E-state index contributed by atoms with van der Waals surface area (Å²) in [5.41, 5.74) is 0. The van der Waals surface area contributed by atoms with Crippen molar-refractivity contribution in [2.45, 2.75) is 19.3 Å². The third-order valence-electron chi connectivity index (χ3n) is 3.69. The van der Waals surface area contributed by atoms with E-state index in [0.717, 1.165) is 12.8 Å². The first-order valence-corrected chi connectivity index (χ1v) is 6.67. The van der Waals surface area contributed by atoms with Crippen LogP contribution < -0.4 is 0 Å². The molecular formula is C14H18O6. The highest BCUT2D eigenvalue weighted by molar-refractivity contribution is 5.91. The first-order valence-electron chi connectivity index (χ1n) is 6.67. The molecule has 0 aliphatic heterocycles. The van der Waals surface area contributed by atoms with Crippen molar-refractivity contribution < 1.29 is 28.6 Å². The van der Waals surface area contributed by atoms with Crippen LogP contribution in [0.4, 0.5) is 0 Å². The molecule has 2 bridgehead atoms. The van der Waals surface area contributed by atoms with Crippen molar-refractivity contribution in [1.82, 2.24) is 0 Å². The highest BCUT2D eigenvalue weighted by atomic mass is 16.6. The molecule has 0 spiro atoms. The van der Waals surface area contributed by atoms with Crippen LogP contribution in [0.3, 0.4) is 0 Å². The number of carbonyl (C=O) groups is 3. The second-order valence-corrected chi connectivity index (χ2v) is 5.03. The van der Waals surface area contributed by atoms with E-state index in [0.29, 0.717) is 11.8 Å². The summed E-state index contributed by atoms with van der Waals surface area (Å²) in [6, 6.07) is 0. The van der Waals surface area contributed by atoms with E-state index in [1.165, 1.54) is 7.11 Å². The first kappa shape index (κ1) is 14.6. The van der Waals surface area contributed by atoms with Gasteiger partial charge in [0.15, 0.2) is 0 Å². The van der Waals surface area contributed by atoms with Crippen molar-refractivity contribution in [3.8, 4) is 0 Å². The highest BCUT2D eigenvalue weighted by Gasteiger charge is 2.40. The number of ether oxygens (including phenoxy) is 3. The van der Waals surface area contributed by atoms with Gasteiger partial charge in [0, 0.05) is 0 Å². The van der Waals surface area contributed by atoms with E-state index in [-0.39, 0.29) is 25.1 Å². The lowest BCUT2D eigenvalue weighted by Crippen LogP contribution is -2.24. The fourth-order valence-electron chi connectivity index (χ4n) is 2.70. The maximum Gasteiger partial charge on any atom is 0.317 e. The standard InChI is InChI=1S/C14H18O6/c1-18-12(15)8-13(16)19-4-5-20-14(17)11-7-9-2-3-10(11)6-9/h2-3,9-11H,4-8H2,1H3/t9-,10+,11+/m0/s1. The summed E-state index contributed by atoms with van der Waals surface area (Å²) in [6.45, 7) is -0.0262. The Labute approximate surface area is 117 Å². The van der Waals surface area contributed by atoms with Crippen LogP contribution in [0.5, 0.6) is 0 Å². The van der Waals surface area contributed by atoms with Crippen LogP contribution in [0.25, 0.3) is 0 Å². The van der Waals surface area contributed by atoms with Gasteiger partial charge in [0.25, 0.3) is 0 Å². The molecule has 20 heavy (non-hydrogen) atoms. The van der Waals surface area contributed by atoms with E-state index in [4.69, 9.17) is 9.47 Å². The first-order chi connectivity index (χ1) is 9.60. The third-order valence-corrected chi connectivity index (χ3v) is 3.69. The fraction of sp³-hybridized carbons (Fsp3) is 0.643. The predicted octanol–water partition coefficient (Wildman–Crippen LogP) is 0.848. The van der Waals surface area contributed by atoms with Gasteiger partial charge in [-0.25, -0.2) is 0 Å². The van der Waals surface area contributed by atoms with Crippen molar-refractivity contribution in [2.24, 2.45) is 17.8 Å². The quantitative estimate of drug-likeness (QED) is 0.236. The number of hydrogen-bond donors (Lipinski definition) is 0. The van der Waals surface area contributed by atoms with Crippen LogP contribution in [0.15, 0.2) is 12.2 Å². The van der Waals surface area contributed by atoms with Gasteiger partial charge in [0.05, 0.1) is 13.0 Å². The van der Waals surface area contributed by atoms with Crippen LogP contribution in [0.2, 0.25) is 0 Å². The largest absolute Gasteiger partial charge is 0.469 e. The summed E-state index contributed by atoms with van der Waals surface area (Å²) in [5, 5.41) is 0. The Morgan fingerprint density at radius 2 is 1.80 bits per heavy atom. The Bertz CT molecular complexity index is 427. The molecule has 0 aromatic heterocycles. The van der Waals surface area contributed by atoms with Gasteiger partial charge in [-0.3, -0.25) is 14.4 Å². The molecule has 3 atom stereocenters. The summed E-state index contributed by atoms with van der Waals surface area (Å²) in [5.74, 6) is -0.817. The number of allylic oxidation sites excluding steroid dienone is 2. The van der Waals surface area contributed by atoms with Gasteiger partial charge < -0.3 is 14.2 Å². The fourth-order valence-corrected chi connectivity index (χ4v) is 2.70. The molecule has 0 radical (unpaired) electrons. The molecule has 0 unspecified atom stereocenters. The summed E-state index contributed by atoms with van der Waals surface area (Å²) in [7, 11) is 1.20. The van der Waals surface area contributed by atoms with Crippen LogP contribution in [0, 0.1) is 17.8 Å². The Kier molecular flexibility index (Phi) is 4.76. The lowest BCUT2D eigenvalue weighted by atomic mass is 9.94. The van der Waals surface area contributed by atoms with E-state index in [9.17, 15) is 14.4 Å². The van der Waals surface area contributed by atoms with Crippen molar-refractivity contribution in [3.05, 3.63) is 12.2 Å². The second-order valence-electron chi connectivity index (χ2n) is 5.03. The molecule has 2 aliphatic carbocycles. The normalized spacial score (nSPS) is 26.4. The van der Waals surface area contributed by atoms with Crippen molar-refractivity contribution in [1.29, 1.82) is 0 Å². The summed E-state index contributed by atoms with van der Waals surface area (Å²) in [4.78, 5) is 33.8. The number of carbonyl (C=O) groups excluding carboxylic acids is 3. The van der Waals surface area contributed by atoms with Crippen LogP contribution >= 0.6 is 0 Å². The third kappa shape index (κ3) is 3.59. The zero-order valence-corrected chi connectivity index (χ0v) is 11.4. The average Bonchev–Trinajstić information content (AvgIpc) is 3.05. The smallest absolute Gasteiger partial charge is 0.317 e. The summed E-state index contributed by atoms with van der Waals surface area (Å²) < 4.78 is 14.2. The Morgan fingerprint density at radius 1 is 1.05 bits per heavy atom. The van der Waals surface area contributed by atoms with Gasteiger partial charge in [0.2, 0.25) is 0 Å². The zero-order chi connectivity index (χ0) is 14.5. The lowest BCUT2D eigenvalue weighted by Gasteiger charge is -2.16. The monoisotopic (exact) mass is 282 g/mol. The average molecular weight is 282 g/mol. The molecule has 6 nitrogen and oxygen atoms in total. The number of esters is 3. The van der Waals surface area contributed by atoms with Gasteiger partial charge in [-0.1, -0.05) is 12.2 Å². The molecule has 1 fully saturated rings. The number of hydrogen-bond acceptors (Lipinski definition) is 6. The molecule has 6 heteroatoms. The second kappa shape index (κ2) is 6.54. The Hall–Kier alpha value is -1.85. The van der Waals surface area contributed by atoms with Gasteiger partial charge in [-0.15, -0.1) is 0 Å². The summed E-state index contributed by atoms with van der Waals surface area (Å²) in [6.07, 6.45) is 5.69. The van der Waals surface area contributed by atoms with Crippen molar-refractivity contribution >= 4 is 17.9 Å². The number of fused-ring (bicyclic) bond motifs is 2. The predicted molar refractivity (Wildman–Crippen MR) is 67.4 cm³/mol. The molecule has 1 saturated carbocycles. The number of rotatable bonds is 6. The van der Waals surface area contributed by atoms with Crippen LogP contribution in [0.1, 0.15) is 19.3 Å². The Morgan fingerprint density at radius 3 is 2.40 bits per heavy atom. The zero-order valence-electron chi connectivity index (χ0n) is 11.4. The maximum atomic E-state index is 11.8. The minimum absolute atomic E-state index is 0.0172. The SMILES string of the molecule is COC(=O)CC(=O)OCCOC(=O)[C@@H]1C[C@H]2C=C[C@@H]1C2. The summed E-state index contributed by atoms with van der Waals surface area (Å²) >= 11 is 0. The topological polar surface area (TPSA) is 78.9 Å². The molecule has 0 N–H and O–H groups in total. The van der Waals surface area contributed by atoms with E-state index >= 15 is 0 Å². The number of methoxy groups -OCH3 is 1. The van der Waals surface area contributed by atoms with Gasteiger partial charge in [0.1, 0.15) is 19.6 Å². The Balaban J connectivity index is 1.59. The lowest BCUT2D eigenvalue weighted by molar-refractivity contribution is -0.159. The molecular weight excluding hydrogens is 264 g/mol. The molecule has 0 saturated heterocycles. The van der Waals surface area contributed by atoms with Crippen molar-refractivity contribution in [2.75, 3.05) is 20.3 Å². The van der Waals surface area contributed by atoms with E-state index in [1.807, 2.05) is 0 Å².